The molecule has 5 aromatic rings. The highest BCUT2D eigenvalue weighted by Crippen LogP contribution is 2.25. The third-order valence-electron chi connectivity index (χ3n) is 4.89. The zero-order valence-electron chi connectivity index (χ0n) is 16.9. The van der Waals surface area contributed by atoms with Gasteiger partial charge in [-0.15, -0.1) is 0 Å². The van der Waals surface area contributed by atoms with Gasteiger partial charge in [0.15, 0.2) is 0 Å². The van der Waals surface area contributed by atoms with Crippen molar-refractivity contribution < 1.29 is 4.74 Å². The molecule has 0 amide bonds. The van der Waals surface area contributed by atoms with Crippen LogP contribution in [-0.2, 0) is 0 Å². The number of hydrazone groups is 1. The van der Waals surface area contributed by atoms with Gasteiger partial charge in [0.1, 0.15) is 11.4 Å². The number of nitrogens with one attached hydrogen (secondary N) is 2. The maximum absolute atomic E-state index is 5.28. The molecule has 2 N–H and O–H groups in total. The summed E-state index contributed by atoms with van der Waals surface area (Å²) in [6, 6.07) is 25.6. The second-order valence-electron chi connectivity index (χ2n) is 6.91. The number of benzene rings is 3. The van der Waals surface area contributed by atoms with Crippen molar-refractivity contribution in [2.24, 2.45) is 5.10 Å². The number of nitrogens with zero attached hydrogens (tertiary/aromatic N) is 4. The first-order chi connectivity index (χ1) is 15.3. The molecule has 0 radical (unpaired) electrons. The van der Waals surface area contributed by atoms with Gasteiger partial charge in [-0.2, -0.15) is 10.2 Å². The van der Waals surface area contributed by atoms with Crippen LogP contribution in [-0.4, -0.2) is 33.1 Å². The quantitative estimate of drug-likeness (QED) is 0.310. The third-order valence-corrected chi connectivity index (χ3v) is 4.89. The van der Waals surface area contributed by atoms with E-state index in [1.54, 1.807) is 13.3 Å². The molecular formula is C24H20N6O. The lowest BCUT2D eigenvalue weighted by Gasteiger charge is -2.02. The summed E-state index contributed by atoms with van der Waals surface area (Å²) >= 11 is 0. The van der Waals surface area contributed by atoms with Gasteiger partial charge in [0.25, 0.3) is 0 Å². The predicted molar refractivity (Wildman–Crippen MR) is 123 cm³/mol. The molecule has 3 aromatic carbocycles. The van der Waals surface area contributed by atoms with Crippen molar-refractivity contribution in [3.63, 3.8) is 0 Å². The number of aromatic nitrogens is 4. The molecule has 0 spiro atoms. The van der Waals surface area contributed by atoms with E-state index in [9.17, 15) is 0 Å². The third kappa shape index (κ3) is 3.89. The van der Waals surface area contributed by atoms with E-state index in [4.69, 9.17) is 9.84 Å². The molecule has 152 valence electrons. The summed E-state index contributed by atoms with van der Waals surface area (Å²) in [6.45, 7) is 0. The number of fused-ring (bicyclic) bond motifs is 1. The fourth-order valence-corrected chi connectivity index (χ4v) is 3.34. The van der Waals surface area contributed by atoms with Crippen molar-refractivity contribution in [2.45, 2.75) is 0 Å². The molecule has 7 heteroatoms. The van der Waals surface area contributed by atoms with Gasteiger partial charge in [-0.25, -0.2) is 15.1 Å². The minimum absolute atomic E-state index is 0.582. The Hall–Kier alpha value is -4.39. The minimum atomic E-state index is 0.582. The van der Waals surface area contributed by atoms with Gasteiger partial charge in [0.2, 0.25) is 5.95 Å². The molecule has 0 saturated carbocycles. The number of anilines is 1. The fraction of sp³-hybridized carbons (Fsp3) is 0.0417. The van der Waals surface area contributed by atoms with E-state index in [1.165, 1.54) is 0 Å². The average molecular weight is 408 g/mol. The van der Waals surface area contributed by atoms with Crippen LogP contribution in [0.2, 0.25) is 0 Å². The lowest BCUT2D eigenvalue weighted by molar-refractivity contribution is 0.415. The lowest BCUT2D eigenvalue weighted by Crippen LogP contribution is -1.94. The first-order valence-corrected chi connectivity index (χ1v) is 9.83. The Bertz CT molecular complexity index is 1300. The van der Waals surface area contributed by atoms with Gasteiger partial charge < -0.3 is 9.72 Å². The van der Waals surface area contributed by atoms with Gasteiger partial charge in [-0.05, 0) is 48.5 Å². The number of H-pyrrole nitrogens is 1. The van der Waals surface area contributed by atoms with Crippen LogP contribution < -0.4 is 10.2 Å². The smallest absolute Gasteiger partial charge is 0.222 e. The molecule has 0 atom stereocenters. The summed E-state index contributed by atoms with van der Waals surface area (Å²) in [5, 5.41) is 9.19. The van der Waals surface area contributed by atoms with Crippen LogP contribution in [0.4, 0.5) is 5.95 Å². The van der Waals surface area contributed by atoms with Crippen molar-refractivity contribution in [2.75, 3.05) is 12.5 Å². The van der Waals surface area contributed by atoms with Crippen molar-refractivity contribution in [1.82, 2.24) is 19.7 Å². The molecule has 0 saturated heterocycles. The van der Waals surface area contributed by atoms with Crippen molar-refractivity contribution in [3.05, 3.63) is 90.6 Å². The van der Waals surface area contributed by atoms with E-state index in [-0.39, 0.29) is 0 Å². The van der Waals surface area contributed by atoms with Gasteiger partial charge >= 0.3 is 0 Å². The highest BCUT2D eigenvalue weighted by atomic mass is 16.5. The zero-order chi connectivity index (χ0) is 21.0. The average Bonchev–Trinajstić information content (AvgIpc) is 3.44. The number of aromatic amines is 1. The molecule has 0 unspecified atom stereocenters. The van der Waals surface area contributed by atoms with E-state index in [0.717, 1.165) is 39.3 Å². The highest BCUT2D eigenvalue weighted by molar-refractivity contribution is 5.89. The summed E-state index contributed by atoms with van der Waals surface area (Å²) in [7, 11) is 1.65. The Kier molecular flexibility index (Phi) is 4.90. The molecule has 7 nitrogen and oxygen atoms in total. The Morgan fingerprint density at radius 2 is 1.74 bits per heavy atom. The van der Waals surface area contributed by atoms with Crippen LogP contribution >= 0.6 is 0 Å². The Morgan fingerprint density at radius 1 is 0.968 bits per heavy atom. The standard InChI is InChI=1S/C24H20N6O/c1-31-20-13-11-17(12-14-20)23-18(16-30(29-23)19-7-3-2-4-8-19)15-25-28-24-26-21-9-5-6-10-22(21)27-24/h2-16H,1H3,(H2,26,27,28)/b25-15-. The fourth-order valence-electron chi connectivity index (χ4n) is 3.34. The van der Waals surface area contributed by atoms with E-state index in [2.05, 4.69) is 20.5 Å². The molecule has 0 aliphatic heterocycles. The van der Waals surface area contributed by atoms with Crippen molar-refractivity contribution >= 4 is 23.2 Å². The topological polar surface area (TPSA) is 80.1 Å². The maximum Gasteiger partial charge on any atom is 0.222 e. The van der Waals surface area contributed by atoms with E-state index in [1.807, 2.05) is 89.7 Å². The summed E-state index contributed by atoms with van der Waals surface area (Å²) < 4.78 is 7.13. The summed E-state index contributed by atoms with van der Waals surface area (Å²) in [6.07, 6.45) is 3.71. The van der Waals surface area contributed by atoms with Gasteiger partial charge in [-0.1, -0.05) is 30.3 Å². The van der Waals surface area contributed by atoms with E-state index < -0.39 is 0 Å². The number of hydrogen-bond donors (Lipinski definition) is 2. The number of para-hydroxylation sites is 3. The van der Waals surface area contributed by atoms with Crippen LogP contribution in [0.5, 0.6) is 5.75 Å². The summed E-state index contributed by atoms with van der Waals surface area (Å²) in [4.78, 5) is 7.68. The van der Waals surface area contributed by atoms with Crippen molar-refractivity contribution in [1.29, 1.82) is 0 Å². The highest BCUT2D eigenvalue weighted by Gasteiger charge is 2.11. The number of imidazole rings is 1. The first kappa shape index (κ1) is 18.6. The number of ether oxygens (including phenoxy) is 1. The van der Waals surface area contributed by atoms with Crippen LogP contribution in [0.25, 0.3) is 28.0 Å². The van der Waals surface area contributed by atoms with Gasteiger partial charge in [0.05, 0.1) is 30.0 Å². The molecule has 0 fully saturated rings. The molecular weight excluding hydrogens is 388 g/mol. The molecule has 2 heterocycles. The first-order valence-electron chi connectivity index (χ1n) is 9.83. The predicted octanol–water partition coefficient (Wildman–Crippen LogP) is 4.87. The lowest BCUT2D eigenvalue weighted by atomic mass is 10.1. The molecule has 31 heavy (non-hydrogen) atoms. The Labute approximate surface area is 179 Å². The van der Waals surface area contributed by atoms with E-state index in [0.29, 0.717) is 5.95 Å². The number of hydrogen-bond acceptors (Lipinski definition) is 5. The zero-order valence-corrected chi connectivity index (χ0v) is 16.9. The van der Waals surface area contributed by atoms with Gasteiger partial charge in [0, 0.05) is 17.3 Å². The monoisotopic (exact) mass is 408 g/mol. The Balaban J connectivity index is 1.47. The molecule has 5 rings (SSSR count). The van der Waals surface area contributed by atoms with Crippen molar-refractivity contribution in [3.8, 4) is 22.7 Å². The summed E-state index contributed by atoms with van der Waals surface area (Å²) in [5.41, 5.74) is 8.45. The summed E-state index contributed by atoms with van der Waals surface area (Å²) in [5.74, 6) is 1.38. The Morgan fingerprint density at radius 3 is 2.52 bits per heavy atom. The normalized spacial score (nSPS) is 11.3. The second kappa shape index (κ2) is 8.16. The molecule has 0 aliphatic rings. The van der Waals surface area contributed by atoms with Crippen LogP contribution in [0.3, 0.4) is 0 Å². The maximum atomic E-state index is 5.28. The van der Waals surface area contributed by atoms with Crippen LogP contribution in [0.15, 0.2) is 90.2 Å². The largest absolute Gasteiger partial charge is 0.497 e. The molecule has 2 aromatic heterocycles. The number of methoxy groups -OCH3 is 1. The van der Waals surface area contributed by atoms with Gasteiger partial charge in [-0.3, -0.25) is 0 Å². The van der Waals surface area contributed by atoms with Crippen LogP contribution in [0.1, 0.15) is 5.56 Å². The van der Waals surface area contributed by atoms with E-state index >= 15 is 0 Å². The number of rotatable bonds is 6. The van der Waals surface area contributed by atoms with Crippen LogP contribution in [0, 0.1) is 0 Å². The SMILES string of the molecule is COc1ccc(-c2nn(-c3ccccc3)cc2/C=N\Nc2nc3ccccc3[nH]2)cc1. The molecule has 0 aliphatic carbocycles. The second-order valence-corrected chi connectivity index (χ2v) is 6.91. The molecule has 0 bridgehead atoms. The minimum Gasteiger partial charge on any atom is -0.497 e.